The van der Waals surface area contributed by atoms with Crippen LogP contribution in [-0.2, 0) is 0 Å². The van der Waals surface area contributed by atoms with Crippen LogP contribution in [0.3, 0.4) is 0 Å². The summed E-state index contributed by atoms with van der Waals surface area (Å²) in [5.74, 6) is 0. The second-order valence-corrected chi connectivity index (χ2v) is 4.99. The molecular formula is C10H9BrIN. The average molecular weight is 350 g/mol. The molecule has 0 amide bonds. The van der Waals surface area contributed by atoms with Gasteiger partial charge in [0.25, 0.3) is 0 Å². The van der Waals surface area contributed by atoms with Crippen LogP contribution in [0.5, 0.6) is 0 Å². The predicted molar refractivity (Wildman–Crippen MR) is 68.2 cm³/mol. The van der Waals surface area contributed by atoms with Gasteiger partial charge in [0.1, 0.15) is 0 Å². The Morgan fingerprint density at radius 2 is 1.92 bits per heavy atom. The van der Waals surface area contributed by atoms with E-state index in [0.29, 0.717) is 0 Å². The van der Waals surface area contributed by atoms with Crippen LogP contribution in [0.1, 0.15) is 0 Å². The lowest BCUT2D eigenvalue weighted by atomic mass is 10.3. The summed E-state index contributed by atoms with van der Waals surface area (Å²) in [6.07, 6.45) is 4.40. The molecule has 0 atom stereocenters. The van der Waals surface area contributed by atoms with Gasteiger partial charge in [-0.05, 0) is 56.7 Å². The summed E-state index contributed by atoms with van der Waals surface area (Å²) in [6, 6.07) is 6.48. The van der Waals surface area contributed by atoms with Crippen LogP contribution in [0.2, 0.25) is 0 Å². The number of benzene rings is 1. The van der Waals surface area contributed by atoms with Crippen LogP contribution >= 0.6 is 38.5 Å². The van der Waals surface area contributed by atoms with E-state index in [4.69, 9.17) is 0 Å². The van der Waals surface area contributed by atoms with Gasteiger partial charge in [0, 0.05) is 26.8 Å². The third-order valence-corrected chi connectivity index (χ3v) is 4.42. The first-order chi connectivity index (χ1) is 6.27. The van der Waals surface area contributed by atoms with E-state index in [1.807, 2.05) is 0 Å². The van der Waals surface area contributed by atoms with Crippen LogP contribution < -0.4 is 4.90 Å². The molecule has 0 fully saturated rings. The second-order valence-electron chi connectivity index (χ2n) is 2.97. The Morgan fingerprint density at radius 3 is 2.54 bits per heavy atom. The fraction of sp³-hybridized carbons (Fsp3) is 0.200. The molecule has 0 saturated heterocycles. The third kappa shape index (κ3) is 2.07. The molecule has 1 aliphatic rings. The van der Waals surface area contributed by atoms with Crippen LogP contribution in [0.15, 0.2) is 34.8 Å². The zero-order valence-corrected chi connectivity index (χ0v) is 10.7. The molecule has 1 aliphatic heterocycles. The maximum Gasteiger partial charge on any atom is 0.0383 e. The van der Waals surface area contributed by atoms with Crippen molar-refractivity contribution in [3.63, 3.8) is 0 Å². The van der Waals surface area contributed by atoms with E-state index in [1.54, 1.807) is 0 Å². The van der Waals surface area contributed by atoms with Gasteiger partial charge in [-0.25, -0.2) is 0 Å². The first-order valence-electron chi connectivity index (χ1n) is 4.12. The van der Waals surface area contributed by atoms with Gasteiger partial charge < -0.3 is 4.90 Å². The Kier molecular flexibility index (Phi) is 2.93. The maximum atomic E-state index is 3.54. The summed E-state index contributed by atoms with van der Waals surface area (Å²) in [6.45, 7) is 2.07. The zero-order valence-electron chi connectivity index (χ0n) is 7.00. The molecule has 1 aromatic rings. The van der Waals surface area contributed by atoms with Crippen molar-refractivity contribution in [2.24, 2.45) is 0 Å². The highest BCUT2D eigenvalue weighted by Gasteiger charge is 2.08. The smallest absolute Gasteiger partial charge is 0.0383 e. The molecule has 1 heterocycles. The Labute approximate surface area is 100 Å². The highest BCUT2D eigenvalue weighted by Crippen LogP contribution is 2.26. The van der Waals surface area contributed by atoms with Gasteiger partial charge in [-0.2, -0.15) is 0 Å². The molecule has 2 rings (SSSR count). The molecular weight excluding hydrogens is 341 g/mol. The van der Waals surface area contributed by atoms with Crippen molar-refractivity contribution in [1.82, 2.24) is 0 Å². The minimum absolute atomic E-state index is 1.03. The van der Waals surface area contributed by atoms with Gasteiger partial charge >= 0.3 is 0 Å². The fourth-order valence-corrected chi connectivity index (χ4v) is 2.07. The van der Waals surface area contributed by atoms with Crippen LogP contribution in [-0.4, -0.2) is 13.1 Å². The van der Waals surface area contributed by atoms with Gasteiger partial charge in [0.2, 0.25) is 0 Å². The van der Waals surface area contributed by atoms with Crippen LogP contribution in [0.4, 0.5) is 5.69 Å². The summed E-state index contributed by atoms with van der Waals surface area (Å²) in [5.41, 5.74) is 1.29. The molecule has 0 aromatic heterocycles. The van der Waals surface area contributed by atoms with Crippen molar-refractivity contribution in [3.8, 4) is 0 Å². The third-order valence-electron chi connectivity index (χ3n) is 2.09. The van der Waals surface area contributed by atoms with E-state index in [9.17, 15) is 0 Å². The fourth-order valence-electron chi connectivity index (χ4n) is 1.37. The minimum atomic E-state index is 1.03. The van der Waals surface area contributed by atoms with Gasteiger partial charge in [0.05, 0.1) is 0 Å². The van der Waals surface area contributed by atoms with Gasteiger partial charge in [-0.1, -0.05) is 12.2 Å². The van der Waals surface area contributed by atoms with Crippen molar-refractivity contribution >= 4 is 44.2 Å². The van der Waals surface area contributed by atoms with Crippen molar-refractivity contribution in [1.29, 1.82) is 0 Å². The number of halogens is 2. The second kappa shape index (κ2) is 4.00. The number of hydrogen-bond acceptors (Lipinski definition) is 1. The largest absolute Gasteiger partial charge is 0.364 e. The van der Waals surface area contributed by atoms with Crippen molar-refractivity contribution in [2.75, 3.05) is 18.0 Å². The summed E-state index contributed by atoms with van der Waals surface area (Å²) < 4.78 is 2.44. The summed E-state index contributed by atoms with van der Waals surface area (Å²) in [5, 5.41) is 0. The number of rotatable bonds is 1. The number of nitrogens with zero attached hydrogens (tertiary/aromatic N) is 1. The molecule has 68 valence electrons. The van der Waals surface area contributed by atoms with Gasteiger partial charge in [0.15, 0.2) is 0 Å². The molecule has 3 heteroatoms. The zero-order chi connectivity index (χ0) is 9.26. The Morgan fingerprint density at radius 1 is 1.23 bits per heavy atom. The van der Waals surface area contributed by atoms with Gasteiger partial charge in [-0.15, -0.1) is 0 Å². The lowest BCUT2D eigenvalue weighted by Gasteiger charge is -2.17. The summed E-state index contributed by atoms with van der Waals surface area (Å²) in [4.78, 5) is 2.33. The van der Waals surface area contributed by atoms with Gasteiger partial charge in [-0.3, -0.25) is 0 Å². The normalized spacial score (nSPS) is 15.4. The molecule has 0 saturated carbocycles. The summed E-state index contributed by atoms with van der Waals surface area (Å²) >= 11 is 5.86. The van der Waals surface area contributed by atoms with E-state index in [1.165, 1.54) is 13.7 Å². The van der Waals surface area contributed by atoms with E-state index < -0.39 is 0 Å². The van der Waals surface area contributed by atoms with Crippen molar-refractivity contribution in [3.05, 3.63) is 38.4 Å². The Bertz CT molecular complexity index is 341. The SMILES string of the molecule is Brc1cc(N2CC=CC2)ccc1I. The first kappa shape index (κ1) is 9.52. The predicted octanol–water partition coefficient (Wildman–Crippen LogP) is 3.43. The van der Waals surface area contributed by atoms with Crippen molar-refractivity contribution < 1.29 is 0 Å². The molecule has 1 aromatic carbocycles. The van der Waals surface area contributed by atoms with Crippen LogP contribution in [0, 0.1) is 3.57 Å². The van der Waals surface area contributed by atoms with Crippen LogP contribution in [0.25, 0.3) is 0 Å². The Balaban J connectivity index is 2.26. The monoisotopic (exact) mass is 349 g/mol. The quantitative estimate of drug-likeness (QED) is 0.554. The highest BCUT2D eigenvalue weighted by atomic mass is 127. The topological polar surface area (TPSA) is 3.24 Å². The lowest BCUT2D eigenvalue weighted by molar-refractivity contribution is 1.01. The molecule has 0 N–H and O–H groups in total. The van der Waals surface area contributed by atoms with E-state index in [0.717, 1.165) is 13.1 Å². The van der Waals surface area contributed by atoms with E-state index in [2.05, 4.69) is 73.8 Å². The molecule has 0 aliphatic carbocycles. The molecule has 0 radical (unpaired) electrons. The molecule has 1 nitrogen and oxygen atoms in total. The molecule has 13 heavy (non-hydrogen) atoms. The first-order valence-corrected chi connectivity index (χ1v) is 5.99. The van der Waals surface area contributed by atoms with Crippen molar-refractivity contribution in [2.45, 2.75) is 0 Å². The van der Waals surface area contributed by atoms with E-state index in [-0.39, 0.29) is 0 Å². The minimum Gasteiger partial charge on any atom is -0.364 e. The standard InChI is InChI=1S/C10H9BrIN/c11-9-7-8(3-4-10(9)12)13-5-1-2-6-13/h1-4,7H,5-6H2. The van der Waals surface area contributed by atoms with E-state index >= 15 is 0 Å². The molecule has 0 bridgehead atoms. The number of hydrogen-bond donors (Lipinski definition) is 0. The molecule has 0 spiro atoms. The number of anilines is 1. The lowest BCUT2D eigenvalue weighted by Crippen LogP contribution is -2.18. The highest BCUT2D eigenvalue weighted by molar-refractivity contribution is 14.1. The molecule has 0 unspecified atom stereocenters. The Hall–Kier alpha value is -0.0300. The summed E-state index contributed by atoms with van der Waals surface area (Å²) in [7, 11) is 0. The average Bonchev–Trinajstić information content (AvgIpc) is 2.62. The maximum absolute atomic E-state index is 3.54.